The molecule has 0 aliphatic heterocycles. The third-order valence-corrected chi connectivity index (χ3v) is 6.30. The predicted octanol–water partition coefficient (Wildman–Crippen LogP) is 3.58. The second kappa shape index (κ2) is 12.6. The van der Waals surface area contributed by atoms with Crippen LogP contribution in [0.4, 0.5) is 4.79 Å². The molecule has 0 aliphatic rings. The van der Waals surface area contributed by atoms with Crippen molar-refractivity contribution in [1.29, 1.82) is 0 Å². The third kappa shape index (κ3) is 8.78. The van der Waals surface area contributed by atoms with Crippen LogP contribution >= 0.6 is 11.8 Å². The normalized spacial score (nSPS) is 12.3. The highest BCUT2D eigenvalue weighted by Crippen LogP contribution is 2.32. The molecule has 1 aromatic rings. The summed E-state index contributed by atoms with van der Waals surface area (Å²) in [7, 11) is 3.07. The van der Waals surface area contributed by atoms with Crippen LogP contribution in [-0.4, -0.2) is 53.1 Å². The van der Waals surface area contributed by atoms with Gasteiger partial charge in [0, 0.05) is 24.0 Å². The van der Waals surface area contributed by atoms with Crippen LogP contribution in [0.2, 0.25) is 0 Å². The number of rotatable bonds is 11. The van der Waals surface area contributed by atoms with E-state index in [0.717, 1.165) is 17.7 Å². The van der Waals surface area contributed by atoms with Gasteiger partial charge in [-0.3, -0.25) is 14.8 Å². The maximum atomic E-state index is 12.5. The Bertz CT molecular complexity index is 737. The number of amides is 4. The van der Waals surface area contributed by atoms with Crippen molar-refractivity contribution in [2.75, 3.05) is 14.2 Å². The Kier molecular flexibility index (Phi) is 10.8. The maximum Gasteiger partial charge on any atom is 0.349 e. The van der Waals surface area contributed by atoms with Crippen molar-refractivity contribution in [3.8, 4) is 5.75 Å². The number of nitrogens with one attached hydrogen (secondary N) is 2. The molecule has 0 unspecified atom stereocenters. The van der Waals surface area contributed by atoms with Gasteiger partial charge in [0.15, 0.2) is 0 Å². The Morgan fingerprint density at radius 3 is 2.32 bits per heavy atom. The van der Waals surface area contributed by atoms with Crippen LogP contribution < -0.4 is 15.4 Å². The standard InChI is InChI=1S/C22H35N3O5S/c1-15(2)8-7-9-18(26)25(29)21(28)24-19(20(27)23-5)22(3,4)31-14-16-10-12-17(30-6)13-11-16/h10-13,15,19,29H,7-9,14H2,1-6H3,(H,23,27)(H,24,28)/t19-/m0/s1. The molecular formula is C22H35N3O5S. The van der Waals surface area contributed by atoms with Gasteiger partial charge in [0.2, 0.25) is 5.91 Å². The lowest BCUT2D eigenvalue weighted by atomic mass is 10.0. The van der Waals surface area contributed by atoms with E-state index < -0.39 is 28.6 Å². The van der Waals surface area contributed by atoms with Crippen molar-refractivity contribution in [1.82, 2.24) is 15.7 Å². The summed E-state index contributed by atoms with van der Waals surface area (Å²) in [6.45, 7) is 7.72. The van der Waals surface area contributed by atoms with Crippen LogP contribution in [0.25, 0.3) is 0 Å². The van der Waals surface area contributed by atoms with E-state index in [9.17, 15) is 19.6 Å². The average molecular weight is 454 g/mol. The molecule has 3 N–H and O–H groups in total. The molecule has 1 atom stereocenters. The number of carbonyl (C=O) groups excluding carboxylic acids is 3. The molecule has 1 rings (SSSR count). The number of methoxy groups -OCH3 is 1. The van der Waals surface area contributed by atoms with Crippen LogP contribution in [0.1, 0.15) is 52.5 Å². The average Bonchev–Trinajstić information content (AvgIpc) is 2.74. The lowest BCUT2D eigenvalue weighted by Gasteiger charge is -2.33. The molecule has 1 aromatic carbocycles. The molecule has 0 aliphatic carbocycles. The van der Waals surface area contributed by atoms with E-state index >= 15 is 0 Å². The van der Waals surface area contributed by atoms with Gasteiger partial charge in [0.1, 0.15) is 11.8 Å². The van der Waals surface area contributed by atoms with Crippen molar-refractivity contribution in [3.63, 3.8) is 0 Å². The fourth-order valence-corrected chi connectivity index (χ4v) is 3.90. The van der Waals surface area contributed by atoms with Crippen LogP contribution in [0.15, 0.2) is 24.3 Å². The van der Waals surface area contributed by atoms with E-state index in [2.05, 4.69) is 10.6 Å². The lowest BCUT2D eigenvalue weighted by molar-refractivity contribution is -0.153. The molecule has 0 radical (unpaired) electrons. The van der Waals surface area contributed by atoms with E-state index in [1.54, 1.807) is 7.11 Å². The zero-order chi connectivity index (χ0) is 23.6. The molecule has 0 bridgehead atoms. The fraction of sp³-hybridized carbons (Fsp3) is 0.591. The molecule has 0 aromatic heterocycles. The van der Waals surface area contributed by atoms with Crippen molar-refractivity contribution in [2.45, 2.75) is 63.5 Å². The molecule has 31 heavy (non-hydrogen) atoms. The largest absolute Gasteiger partial charge is 0.497 e. The molecule has 0 saturated carbocycles. The second-order valence-electron chi connectivity index (χ2n) is 8.23. The summed E-state index contributed by atoms with van der Waals surface area (Å²) in [6.07, 6.45) is 1.45. The van der Waals surface area contributed by atoms with Gasteiger partial charge in [0.05, 0.1) is 7.11 Å². The summed E-state index contributed by atoms with van der Waals surface area (Å²) in [5, 5.41) is 15.1. The number of likely N-dealkylation sites (N-methyl/N-ethyl adjacent to an activating group) is 1. The number of hydrogen-bond donors (Lipinski definition) is 3. The number of hydroxylamine groups is 2. The molecule has 0 saturated heterocycles. The first-order valence-corrected chi connectivity index (χ1v) is 11.3. The van der Waals surface area contributed by atoms with Gasteiger partial charge in [-0.05, 0) is 43.9 Å². The molecule has 0 fully saturated rings. The number of imide groups is 1. The molecule has 174 valence electrons. The zero-order valence-electron chi connectivity index (χ0n) is 19.2. The first-order chi connectivity index (χ1) is 14.5. The van der Waals surface area contributed by atoms with Gasteiger partial charge in [-0.2, -0.15) is 0 Å². The van der Waals surface area contributed by atoms with Gasteiger partial charge in [0.25, 0.3) is 5.91 Å². The molecular weight excluding hydrogens is 418 g/mol. The quantitative estimate of drug-likeness (QED) is 0.349. The van der Waals surface area contributed by atoms with E-state index in [4.69, 9.17) is 4.74 Å². The molecule has 9 heteroatoms. The first kappa shape index (κ1) is 26.8. The highest BCUT2D eigenvalue weighted by atomic mass is 32.2. The van der Waals surface area contributed by atoms with Gasteiger partial charge in [-0.25, -0.2) is 4.79 Å². The van der Waals surface area contributed by atoms with Crippen LogP contribution in [0.3, 0.4) is 0 Å². The Labute approximate surface area is 189 Å². The smallest absolute Gasteiger partial charge is 0.349 e. The van der Waals surface area contributed by atoms with Gasteiger partial charge < -0.3 is 15.4 Å². The van der Waals surface area contributed by atoms with Gasteiger partial charge in [-0.15, -0.1) is 16.8 Å². The SMILES string of the molecule is CNC(=O)[C@H](NC(=O)N(O)C(=O)CCCC(C)C)C(C)(C)SCc1ccc(OC)cc1. The second-order valence-corrected chi connectivity index (χ2v) is 9.86. The molecule has 0 spiro atoms. The van der Waals surface area contributed by atoms with Crippen molar-refractivity contribution in [2.24, 2.45) is 5.92 Å². The summed E-state index contributed by atoms with van der Waals surface area (Å²) >= 11 is 1.47. The van der Waals surface area contributed by atoms with Gasteiger partial charge in [-0.1, -0.05) is 32.4 Å². The number of urea groups is 1. The topological polar surface area (TPSA) is 108 Å². The number of ether oxygens (including phenoxy) is 1. The lowest BCUT2D eigenvalue weighted by Crippen LogP contribution is -2.58. The van der Waals surface area contributed by atoms with E-state index in [-0.39, 0.29) is 11.5 Å². The fourth-order valence-electron chi connectivity index (χ4n) is 2.84. The third-order valence-electron chi connectivity index (χ3n) is 4.84. The van der Waals surface area contributed by atoms with Crippen molar-refractivity contribution >= 4 is 29.6 Å². The van der Waals surface area contributed by atoms with Crippen LogP contribution in [0, 0.1) is 5.92 Å². The Morgan fingerprint density at radius 2 is 1.81 bits per heavy atom. The van der Waals surface area contributed by atoms with Crippen molar-refractivity contribution in [3.05, 3.63) is 29.8 Å². The summed E-state index contributed by atoms with van der Waals surface area (Å²) in [5.74, 6) is 0.662. The monoisotopic (exact) mass is 453 g/mol. The minimum absolute atomic E-state index is 0.0579. The molecule has 8 nitrogen and oxygen atoms in total. The molecule has 4 amide bonds. The Hall–Kier alpha value is -2.26. The number of benzene rings is 1. The molecule has 0 heterocycles. The predicted molar refractivity (Wildman–Crippen MR) is 122 cm³/mol. The highest BCUT2D eigenvalue weighted by Gasteiger charge is 2.38. The Balaban J connectivity index is 2.79. The first-order valence-electron chi connectivity index (χ1n) is 10.3. The minimum atomic E-state index is -1.01. The van der Waals surface area contributed by atoms with Crippen LogP contribution in [-0.2, 0) is 15.3 Å². The summed E-state index contributed by atoms with van der Waals surface area (Å²) in [6, 6.07) is 5.60. The van der Waals surface area contributed by atoms with Gasteiger partial charge >= 0.3 is 6.03 Å². The number of hydrogen-bond acceptors (Lipinski definition) is 6. The highest BCUT2D eigenvalue weighted by molar-refractivity contribution is 7.99. The zero-order valence-corrected chi connectivity index (χ0v) is 20.0. The number of carbonyl (C=O) groups is 3. The number of nitrogens with zero attached hydrogens (tertiary/aromatic N) is 1. The maximum absolute atomic E-state index is 12.5. The number of thioether (sulfide) groups is 1. The van der Waals surface area contributed by atoms with E-state index in [0.29, 0.717) is 18.1 Å². The van der Waals surface area contributed by atoms with E-state index in [1.165, 1.54) is 18.8 Å². The summed E-state index contributed by atoms with van der Waals surface area (Å²) in [5.41, 5.74) is 1.03. The Morgan fingerprint density at radius 1 is 1.19 bits per heavy atom. The van der Waals surface area contributed by atoms with Crippen molar-refractivity contribution < 1.29 is 24.3 Å². The summed E-state index contributed by atoms with van der Waals surface area (Å²) in [4.78, 5) is 37.0. The van der Waals surface area contributed by atoms with Crippen LogP contribution in [0.5, 0.6) is 5.75 Å². The summed E-state index contributed by atoms with van der Waals surface area (Å²) < 4.78 is 4.43. The minimum Gasteiger partial charge on any atom is -0.497 e. The van der Waals surface area contributed by atoms with E-state index in [1.807, 2.05) is 52.0 Å².